The highest BCUT2D eigenvalue weighted by Gasteiger charge is 2.16. The van der Waals surface area contributed by atoms with Crippen LogP contribution in [0.15, 0.2) is 46.9 Å². The second kappa shape index (κ2) is 6.17. The molecule has 19 heavy (non-hydrogen) atoms. The van der Waals surface area contributed by atoms with Gasteiger partial charge in [0, 0.05) is 16.1 Å². The zero-order valence-electron chi connectivity index (χ0n) is 10.6. The van der Waals surface area contributed by atoms with Gasteiger partial charge in [0.1, 0.15) is 11.6 Å². The molecule has 4 heteroatoms. The molecule has 0 saturated heterocycles. The lowest BCUT2D eigenvalue weighted by atomic mass is 9.98. The SMILES string of the molecule is COc1ccccc1CC(N)c1c(F)cccc1Br. The monoisotopic (exact) mass is 323 g/mol. The van der Waals surface area contributed by atoms with E-state index in [9.17, 15) is 4.39 Å². The number of hydrogen-bond donors (Lipinski definition) is 1. The average molecular weight is 324 g/mol. The van der Waals surface area contributed by atoms with Crippen molar-refractivity contribution in [3.8, 4) is 5.75 Å². The highest BCUT2D eigenvalue weighted by molar-refractivity contribution is 9.10. The van der Waals surface area contributed by atoms with Crippen LogP contribution >= 0.6 is 15.9 Å². The van der Waals surface area contributed by atoms with Crippen molar-refractivity contribution in [1.29, 1.82) is 0 Å². The van der Waals surface area contributed by atoms with E-state index in [1.165, 1.54) is 6.07 Å². The standard InChI is InChI=1S/C15H15BrFNO/c1-19-14-8-3-2-5-10(14)9-13(18)15-11(16)6-4-7-12(15)17/h2-8,13H,9,18H2,1H3. The smallest absolute Gasteiger partial charge is 0.129 e. The Hall–Kier alpha value is -1.39. The highest BCUT2D eigenvalue weighted by Crippen LogP contribution is 2.29. The summed E-state index contributed by atoms with van der Waals surface area (Å²) in [6, 6.07) is 12.1. The van der Waals surface area contributed by atoms with Crippen LogP contribution in [0.4, 0.5) is 4.39 Å². The summed E-state index contributed by atoms with van der Waals surface area (Å²) in [4.78, 5) is 0. The number of rotatable bonds is 4. The van der Waals surface area contributed by atoms with E-state index >= 15 is 0 Å². The van der Waals surface area contributed by atoms with Crippen LogP contribution in [-0.2, 0) is 6.42 Å². The molecule has 0 spiro atoms. The predicted octanol–water partition coefficient (Wildman–Crippen LogP) is 3.84. The minimum Gasteiger partial charge on any atom is -0.496 e. The normalized spacial score (nSPS) is 12.2. The van der Waals surface area contributed by atoms with Crippen molar-refractivity contribution in [2.75, 3.05) is 7.11 Å². The summed E-state index contributed by atoms with van der Waals surface area (Å²) in [6.45, 7) is 0. The highest BCUT2D eigenvalue weighted by atomic mass is 79.9. The lowest BCUT2D eigenvalue weighted by Gasteiger charge is -2.16. The molecule has 0 heterocycles. The van der Waals surface area contributed by atoms with Gasteiger partial charge in [0.15, 0.2) is 0 Å². The van der Waals surface area contributed by atoms with Crippen molar-refractivity contribution < 1.29 is 9.13 Å². The maximum absolute atomic E-state index is 13.8. The van der Waals surface area contributed by atoms with E-state index in [1.807, 2.05) is 24.3 Å². The Labute approximate surface area is 120 Å². The number of benzene rings is 2. The first-order valence-corrected chi connectivity index (χ1v) is 6.74. The van der Waals surface area contributed by atoms with Crippen LogP contribution in [0.1, 0.15) is 17.2 Å². The summed E-state index contributed by atoms with van der Waals surface area (Å²) in [6.07, 6.45) is 0.517. The number of ether oxygens (including phenoxy) is 1. The number of para-hydroxylation sites is 1. The summed E-state index contributed by atoms with van der Waals surface area (Å²) < 4.78 is 19.8. The fourth-order valence-corrected chi connectivity index (χ4v) is 2.71. The van der Waals surface area contributed by atoms with Gasteiger partial charge in [0.05, 0.1) is 7.11 Å². The number of hydrogen-bond acceptors (Lipinski definition) is 2. The molecule has 0 aromatic heterocycles. The molecule has 0 radical (unpaired) electrons. The minimum absolute atomic E-state index is 0.295. The van der Waals surface area contributed by atoms with E-state index in [4.69, 9.17) is 10.5 Å². The average Bonchev–Trinajstić information content (AvgIpc) is 2.39. The van der Waals surface area contributed by atoms with Gasteiger partial charge in [0.25, 0.3) is 0 Å². The fraction of sp³-hybridized carbons (Fsp3) is 0.200. The zero-order valence-corrected chi connectivity index (χ0v) is 12.2. The molecule has 1 atom stereocenters. The van der Waals surface area contributed by atoms with Crippen LogP contribution in [-0.4, -0.2) is 7.11 Å². The maximum atomic E-state index is 13.8. The Morgan fingerprint density at radius 3 is 2.63 bits per heavy atom. The summed E-state index contributed by atoms with van der Waals surface area (Å²) in [5, 5.41) is 0. The Bertz CT molecular complexity index is 554. The number of nitrogens with two attached hydrogens (primary N) is 1. The van der Waals surface area contributed by atoms with Gasteiger partial charge in [-0.3, -0.25) is 0 Å². The van der Waals surface area contributed by atoms with Crippen molar-refractivity contribution in [3.05, 3.63) is 63.9 Å². The molecule has 100 valence electrons. The zero-order chi connectivity index (χ0) is 13.8. The first-order valence-electron chi connectivity index (χ1n) is 5.95. The third-order valence-corrected chi connectivity index (χ3v) is 3.69. The van der Waals surface area contributed by atoms with E-state index in [1.54, 1.807) is 19.2 Å². The molecule has 2 N–H and O–H groups in total. The van der Waals surface area contributed by atoms with Crippen molar-refractivity contribution in [2.45, 2.75) is 12.5 Å². The first kappa shape index (κ1) is 14.0. The van der Waals surface area contributed by atoms with Gasteiger partial charge in [-0.1, -0.05) is 40.2 Å². The van der Waals surface area contributed by atoms with Crippen LogP contribution < -0.4 is 10.5 Å². The molecule has 2 aromatic carbocycles. The number of halogens is 2. The molecule has 0 aliphatic rings. The van der Waals surface area contributed by atoms with E-state index in [0.717, 1.165) is 11.3 Å². The molecule has 2 nitrogen and oxygen atoms in total. The topological polar surface area (TPSA) is 35.2 Å². The van der Waals surface area contributed by atoms with Gasteiger partial charge >= 0.3 is 0 Å². The van der Waals surface area contributed by atoms with Crippen molar-refractivity contribution in [2.24, 2.45) is 5.73 Å². The van der Waals surface area contributed by atoms with Gasteiger partial charge < -0.3 is 10.5 Å². The molecular formula is C15H15BrFNO. The molecule has 0 aliphatic heterocycles. The van der Waals surface area contributed by atoms with E-state index in [-0.39, 0.29) is 5.82 Å². The van der Waals surface area contributed by atoms with Crippen molar-refractivity contribution >= 4 is 15.9 Å². The molecule has 0 saturated carbocycles. The molecule has 0 fully saturated rings. The minimum atomic E-state index is -0.424. The lowest BCUT2D eigenvalue weighted by molar-refractivity contribution is 0.407. The predicted molar refractivity (Wildman–Crippen MR) is 77.7 cm³/mol. The van der Waals surface area contributed by atoms with Gasteiger partial charge in [-0.25, -0.2) is 4.39 Å². The molecule has 1 unspecified atom stereocenters. The third kappa shape index (κ3) is 3.14. The van der Waals surface area contributed by atoms with E-state index < -0.39 is 6.04 Å². The lowest BCUT2D eigenvalue weighted by Crippen LogP contribution is -2.16. The Kier molecular flexibility index (Phi) is 4.56. The Morgan fingerprint density at radius 1 is 1.21 bits per heavy atom. The molecule has 0 aliphatic carbocycles. The summed E-state index contributed by atoms with van der Waals surface area (Å²) >= 11 is 3.35. The second-order valence-corrected chi connectivity index (χ2v) is 5.11. The second-order valence-electron chi connectivity index (χ2n) is 4.26. The Morgan fingerprint density at radius 2 is 1.95 bits per heavy atom. The summed E-state index contributed by atoms with van der Waals surface area (Å²) in [5.41, 5.74) is 7.59. The fourth-order valence-electron chi connectivity index (χ4n) is 2.08. The van der Waals surface area contributed by atoms with Gasteiger partial charge in [-0.2, -0.15) is 0 Å². The van der Waals surface area contributed by atoms with Crippen LogP contribution in [0.5, 0.6) is 5.75 Å². The van der Waals surface area contributed by atoms with Crippen LogP contribution in [0, 0.1) is 5.82 Å². The van der Waals surface area contributed by atoms with Crippen LogP contribution in [0.25, 0.3) is 0 Å². The first-order chi connectivity index (χ1) is 9.13. The van der Waals surface area contributed by atoms with Gasteiger partial charge in [-0.15, -0.1) is 0 Å². The van der Waals surface area contributed by atoms with Crippen molar-refractivity contribution in [1.82, 2.24) is 0 Å². The van der Waals surface area contributed by atoms with E-state index in [2.05, 4.69) is 15.9 Å². The van der Waals surface area contributed by atoms with Gasteiger partial charge in [-0.05, 0) is 30.2 Å². The third-order valence-electron chi connectivity index (χ3n) is 3.00. The van der Waals surface area contributed by atoms with Crippen LogP contribution in [0.3, 0.4) is 0 Å². The van der Waals surface area contributed by atoms with Crippen LogP contribution in [0.2, 0.25) is 0 Å². The Balaban J connectivity index is 2.28. The largest absolute Gasteiger partial charge is 0.496 e. The maximum Gasteiger partial charge on any atom is 0.129 e. The molecular weight excluding hydrogens is 309 g/mol. The molecule has 2 rings (SSSR count). The quantitative estimate of drug-likeness (QED) is 0.927. The summed E-state index contributed by atoms with van der Waals surface area (Å²) in [7, 11) is 1.61. The number of methoxy groups -OCH3 is 1. The van der Waals surface area contributed by atoms with Crippen molar-refractivity contribution in [3.63, 3.8) is 0 Å². The molecule has 2 aromatic rings. The summed E-state index contributed by atoms with van der Waals surface area (Å²) in [5.74, 6) is 0.474. The molecule has 0 bridgehead atoms. The molecule has 0 amide bonds. The van der Waals surface area contributed by atoms with Gasteiger partial charge in [0.2, 0.25) is 0 Å². The van der Waals surface area contributed by atoms with E-state index in [0.29, 0.717) is 16.5 Å².